The zero-order valence-electron chi connectivity index (χ0n) is 13.7. The third-order valence-corrected chi connectivity index (χ3v) is 2.74. The van der Waals surface area contributed by atoms with Gasteiger partial charge >= 0.3 is 5.97 Å². The number of nitrogens with one attached hydrogen (secondary N) is 2. The highest BCUT2D eigenvalue weighted by atomic mass is 127. The fraction of sp³-hybridized carbons (Fsp3) is 0.867. The molecule has 0 saturated carbocycles. The SMILES string of the molecule is CCCN=C(NCC)NCCCCCCC(=O)OCC.I. The van der Waals surface area contributed by atoms with E-state index in [0.717, 1.165) is 57.7 Å². The molecular formula is C15H32IN3O2. The van der Waals surface area contributed by atoms with Crippen LogP contribution in [0, 0.1) is 0 Å². The Hall–Kier alpha value is -0.530. The van der Waals surface area contributed by atoms with E-state index >= 15 is 0 Å². The van der Waals surface area contributed by atoms with Crippen molar-refractivity contribution in [1.29, 1.82) is 0 Å². The average Bonchev–Trinajstić information content (AvgIpc) is 2.43. The fourth-order valence-electron chi connectivity index (χ4n) is 1.75. The standard InChI is InChI=1S/C15H31N3O2.HI/c1-4-12-17-15(16-5-2)18-13-10-8-7-9-11-14(19)20-6-3;/h4-13H2,1-3H3,(H2,16,17,18);1H. The van der Waals surface area contributed by atoms with Crippen LogP contribution in [0.15, 0.2) is 4.99 Å². The quantitative estimate of drug-likeness (QED) is 0.180. The van der Waals surface area contributed by atoms with Crippen LogP contribution < -0.4 is 10.6 Å². The summed E-state index contributed by atoms with van der Waals surface area (Å²) in [5.41, 5.74) is 0. The van der Waals surface area contributed by atoms with Crippen molar-refractivity contribution >= 4 is 35.9 Å². The molecule has 0 spiro atoms. The van der Waals surface area contributed by atoms with E-state index in [9.17, 15) is 4.79 Å². The molecule has 0 saturated heterocycles. The van der Waals surface area contributed by atoms with E-state index < -0.39 is 0 Å². The normalized spacial score (nSPS) is 10.7. The minimum absolute atomic E-state index is 0. The zero-order valence-corrected chi connectivity index (χ0v) is 16.1. The van der Waals surface area contributed by atoms with Crippen molar-refractivity contribution in [1.82, 2.24) is 10.6 Å². The number of aliphatic imine (C=N–C) groups is 1. The molecule has 0 fully saturated rings. The zero-order chi connectivity index (χ0) is 15.1. The predicted molar refractivity (Wildman–Crippen MR) is 99.4 cm³/mol. The summed E-state index contributed by atoms with van der Waals surface area (Å²) in [6, 6.07) is 0. The number of halogens is 1. The number of rotatable bonds is 11. The third-order valence-electron chi connectivity index (χ3n) is 2.74. The van der Waals surface area contributed by atoms with Crippen LogP contribution in [-0.4, -0.2) is 38.2 Å². The van der Waals surface area contributed by atoms with Gasteiger partial charge in [0.2, 0.25) is 0 Å². The number of hydrogen-bond donors (Lipinski definition) is 2. The molecule has 0 bridgehead atoms. The molecule has 5 nitrogen and oxygen atoms in total. The molecule has 2 N–H and O–H groups in total. The molecule has 0 aromatic rings. The number of esters is 1. The van der Waals surface area contributed by atoms with Crippen molar-refractivity contribution in [3.05, 3.63) is 0 Å². The molecule has 126 valence electrons. The molecule has 6 heteroatoms. The molecule has 0 aliphatic heterocycles. The number of carbonyl (C=O) groups is 1. The number of hydrogen-bond acceptors (Lipinski definition) is 3. The molecule has 0 rings (SSSR count). The molecule has 0 aromatic carbocycles. The summed E-state index contributed by atoms with van der Waals surface area (Å²) in [5.74, 6) is 0.827. The molecule has 0 aliphatic carbocycles. The van der Waals surface area contributed by atoms with Gasteiger partial charge in [-0.25, -0.2) is 0 Å². The van der Waals surface area contributed by atoms with Gasteiger partial charge in [0.15, 0.2) is 5.96 Å². The summed E-state index contributed by atoms with van der Waals surface area (Å²) in [6.07, 6.45) is 5.82. The number of nitrogens with zero attached hydrogens (tertiary/aromatic N) is 1. The maximum absolute atomic E-state index is 11.1. The summed E-state index contributed by atoms with van der Waals surface area (Å²) in [7, 11) is 0. The second-order valence-corrected chi connectivity index (χ2v) is 4.66. The molecule has 0 aliphatic rings. The van der Waals surface area contributed by atoms with Gasteiger partial charge in [0, 0.05) is 26.1 Å². The lowest BCUT2D eigenvalue weighted by atomic mass is 10.1. The van der Waals surface area contributed by atoms with Crippen LogP contribution in [0.2, 0.25) is 0 Å². The number of unbranched alkanes of at least 4 members (excludes halogenated alkanes) is 3. The van der Waals surface area contributed by atoms with Crippen molar-refractivity contribution in [3.8, 4) is 0 Å². The van der Waals surface area contributed by atoms with E-state index in [0.29, 0.717) is 13.0 Å². The Kier molecular flexibility index (Phi) is 19.0. The van der Waals surface area contributed by atoms with Crippen molar-refractivity contribution in [2.24, 2.45) is 4.99 Å². The van der Waals surface area contributed by atoms with Crippen LogP contribution in [0.4, 0.5) is 0 Å². The van der Waals surface area contributed by atoms with E-state index in [4.69, 9.17) is 4.74 Å². The van der Waals surface area contributed by atoms with Gasteiger partial charge in [-0.05, 0) is 33.1 Å². The first kappa shape index (κ1) is 22.7. The first-order valence-corrected chi connectivity index (χ1v) is 7.92. The van der Waals surface area contributed by atoms with Gasteiger partial charge in [0.05, 0.1) is 6.61 Å². The topological polar surface area (TPSA) is 62.7 Å². The van der Waals surface area contributed by atoms with E-state index in [1.165, 1.54) is 0 Å². The predicted octanol–water partition coefficient (Wildman–Crippen LogP) is 3.08. The monoisotopic (exact) mass is 413 g/mol. The molecule has 0 aromatic heterocycles. The van der Waals surface area contributed by atoms with Crippen LogP contribution in [0.5, 0.6) is 0 Å². The summed E-state index contributed by atoms with van der Waals surface area (Å²) in [4.78, 5) is 15.6. The average molecular weight is 413 g/mol. The minimum atomic E-state index is -0.0771. The van der Waals surface area contributed by atoms with E-state index in [-0.39, 0.29) is 29.9 Å². The van der Waals surface area contributed by atoms with Crippen LogP contribution >= 0.6 is 24.0 Å². The molecule has 0 heterocycles. The highest BCUT2D eigenvalue weighted by Crippen LogP contribution is 2.03. The fourth-order valence-corrected chi connectivity index (χ4v) is 1.75. The maximum Gasteiger partial charge on any atom is 0.305 e. The highest BCUT2D eigenvalue weighted by molar-refractivity contribution is 14.0. The molecule has 0 amide bonds. The third kappa shape index (κ3) is 15.7. The molecule has 0 atom stereocenters. The van der Waals surface area contributed by atoms with E-state index in [1.807, 2.05) is 6.92 Å². The van der Waals surface area contributed by atoms with Gasteiger partial charge in [0.25, 0.3) is 0 Å². The Morgan fingerprint density at radius 3 is 2.38 bits per heavy atom. The Morgan fingerprint density at radius 2 is 1.76 bits per heavy atom. The van der Waals surface area contributed by atoms with Crippen molar-refractivity contribution in [2.75, 3.05) is 26.2 Å². The van der Waals surface area contributed by atoms with Crippen LogP contribution in [-0.2, 0) is 9.53 Å². The summed E-state index contributed by atoms with van der Waals surface area (Å²) < 4.78 is 4.89. The van der Waals surface area contributed by atoms with Gasteiger partial charge in [0.1, 0.15) is 0 Å². The van der Waals surface area contributed by atoms with Gasteiger partial charge in [-0.3, -0.25) is 9.79 Å². The Bertz CT molecular complexity index is 274. The lowest BCUT2D eigenvalue weighted by Gasteiger charge is -2.10. The molecule has 21 heavy (non-hydrogen) atoms. The summed E-state index contributed by atoms with van der Waals surface area (Å²) in [5, 5.41) is 6.55. The van der Waals surface area contributed by atoms with Gasteiger partial charge in [-0.1, -0.05) is 19.8 Å². The Balaban J connectivity index is 0. The maximum atomic E-state index is 11.1. The lowest BCUT2D eigenvalue weighted by Crippen LogP contribution is -2.37. The van der Waals surface area contributed by atoms with Crippen LogP contribution in [0.25, 0.3) is 0 Å². The highest BCUT2D eigenvalue weighted by Gasteiger charge is 2.01. The van der Waals surface area contributed by atoms with Crippen LogP contribution in [0.1, 0.15) is 59.3 Å². The summed E-state index contributed by atoms with van der Waals surface area (Å²) in [6.45, 7) is 9.17. The first-order valence-electron chi connectivity index (χ1n) is 7.92. The van der Waals surface area contributed by atoms with Gasteiger partial charge in [-0.2, -0.15) is 0 Å². The van der Waals surface area contributed by atoms with E-state index in [2.05, 4.69) is 29.5 Å². The summed E-state index contributed by atoms with van der Waals surface area (Å²) >= 11 is 0. The lowest BCUT2D eigenvalue weighted by molar-refractivity contribution is -0.143. The van der Waals surface area contributed by atoms with Crippen LogP contribution in [0.3, 0.4) is 0 Å². The molecule has 0 unspecified atom stereocenters. The number of guanidine groups is 1. The van der Waals surface area contributed by atoms with Gasteiger partial charge in [-0.15, -0.1) is 24.0 Å². The minimum Gasteiger partial charge on any atom is -0.466 e. The smallest absolute Gasteiger partial charge is 0.305 e. The Labute approximate surface area is 146 Å². The van der Waals surface area contributed by atoms with Crippen molar-refractivity contribution in [2.45, 2.75) is 59.3 Å². The molecule has 0 radical (unpaired) electrons. The second-order valence-electron chi connectivity index (χ2n) is 4.66. The van der Waals surface area contributed by atoms with Gasteiger partial charge < -0.3 is 15.4 Å². The van der Waals surface area contributed by atoms with Crippen molar-refractivity contribution in [3.63, 3.8) is 0 Å². The number of carbonyl (C=O) groups excluding carboxylic acids is 1. The molecular weight excluding hydrogens is 381 g/mol. The van der Waals surface area contributed by atoms with E-state index in [1.54, 1.807) is 0 Å². The van der Waals surface area contributed by atoms with Crippen molar-refractivity contribution < 1.29 is 9.53 Å². The Morgan fingerprint density at radius 1 is 1.05 bits per heavy atom. The first-order chi connectivity index (χ1) is 9.74. The second kappa shape index (κ2) is 17.5. The number of ether oxygens (including phenoxy) is 1. The largest absolute Gasteiger partial charge is 0.466 e.